The van der Waals surface area contributed by atoms with E-state index in [1.54, 1.807) is 6.07 Å². The molecule has 138 valence electrons. The maximum Gasteiger partial charge on any atom is 0.227 e. The molecular weight excluding hydrogens is 348 g/mol. The van der Waals surface area contributed by atoms with E-state index < -0.39 is 0 Å². The number of aryl methyl sites for hydroxylation is 1. The van der Waals surface area contributed by atoms with Gasteiger partial charge in [-0.1, -0.05) is 43.6 Å². The Morgan fingerprint density at radius 1 is 1.19 bits per heavy atom. The molecule has 1 aliphatic rings. The molecule has 5 nitrogen and oxygen atoms in total. The number of aromatic nitrogens is 2. The van der Waals surface area contributed by atoms with Crippen LogP contribution < -0.4 is 10.2 Å². The van der Waals surface area contributed by atoms with E-state index in [1.807, 2.05) is 25.1 Å². The molecule has 0 unspecified atom stereocenters. The van der Waals surface area contributed by atoms with Crippen LogP contribution in [0.1, 0.15) is 43.7 Å². The average Bonchev–Trinajstić information content (AvgIpc) is 2.64. The molecule has 1 saturated heterocycles. The number of anilines is 2. The van der Waals surface area contributed by atoms with Gasteiger partial charge >= 0.3 is 0 Å². The predicted molar refractivity (Wildman–Crippen MR) is 106 cm³/mol. The highest BCUT2D eigenvalue weighted by Gasteiger charge is 2.26. The van der Waals surface area contributed by atoms with Crippen LogP contribution >= 0.6 is 11.6 Å². The molecule has 0 aliphatic carbocycles. The Morgan fingerprint density at radius 2 is 1.92 bits per heavy atom. The molecule has 0 bridgehead atoms. The van der Waals surface area contributed by atoms with Crippen molar-refractivity contribution in [2.45, 2.75) is 39.5 Å². The number of benzene rings is 1. The van der Waals surface area contributed by atoms with E-state index in [9.17, 15) is 4.79 Å². The summed E-state index contributed by atoms with van der Waals surface area (Å²) in [5.41, 5.74) is 3.27. The number of carbonyl (C=O) groups excluding carboxylic acids is 1. The quantitative estimate of drug-likeness (QED) is 0.863. The molecule has 3 rings (SSSR count). The topological polar surface area (TPSA) is 58.1 Å². The molecule has 1 aromatic heterocycles. The Hall–Kier alpha value is -2.14. The third-order valence-corrected chi connectivity index (χ3v) is 5.18. The van der Waals surface area contributed by atoms with E-state index in [0.29, 0.717) is 11.1 Å². The van der Waals surface area contributed by atoms with E-state index in [2.05, 4.69) is 40.3 Å². The van der Waals surface area contributed by atoms with Crippen molar-refractivity contribution in [2.24, 2.45) is 5.92 Å². The van der Waals surface area contributed by atoms with Crippen molar-refractivity contribution < 1.29 is 4.79 Å². The largest absolute Gasteiger partial charge is 0.355 e. The number of halogens is 1. The summed E-state index contributed by atoms with van der Waals surface area (Å²) in [7, 11) is 0. The lowest BCUT2D eigenvalue weighted by atomic mass is 9.94. The fraction of sp³-hybridized carbons (Fsp3) is 0.450. The van der Waals surface area contributed by atoms with Gasteiger partial charge in [0, 0.05) is 24.7 Å². The first-order valence-corrected chi connectivity index (χ1v) is 9.48. The van der Waals surface area contributed by atoms with Crippen LogP contribution in [-0.2, 0) is 4.79 Å². The highest BCUT2D eigenvalue weighted by molar-refractivity contribution is 6.29. The Balaban J connectivity index is 1.63. The zero-order valence-corrected chi connectivity index (χ0v) is 16.3. The van der Waals surface area contributed by atoms with Crippen LogP contribution in [0.3, 0.4) is 0 Å². The van der Waals surface area contributed by atoms with Crippen LogP contribution in [0.25, 0.3) is 0 Å². The third-order valence-electron chi connectivity index (χ3n) is 4.98. The predicted octanol–water partition coefficient (Wildman–Crippen LogP) is 4.42. The van der Waals surface area contributed by atoms with E-state index in [1.165, 1.54) is 5.56 Å². The Kier molecular flexibility index (Phi) is 5.77. The highest BCUT2D eigenvalue weighted by Crippen LogP contribution is 2.29. The van der Waals surface area contributed by atoms with Crippen LogP contribution in [0.4, 0.5) is 11.5 Å². The third kappa shape index (κ3) is 4.15. The van der Waals surface area contributed by atoms with Crippen LogP contribution in [0.15, 0.2) is 30.3 Å². The smallest absolute Gasteiger partial charge is 0.227 e. The summed E-state index contributed by atoms with van der Waals surface area (Å²) in [6.07, 6.45) is 1.61. The van der Waals surface area contributed by atoms with Gasteiger partial charge in [0.05, 0.1) is 0 Å². The van der Waals surface area contributed by atoms with Gasteiger partial charge < -0.3 is 10.2 Å². The number of para-hydroxylation sites is 1. The number of piperidine rings is 1. The van der Waals surface area contributed by atoms with Gasteiger partial charge in [-0.15, -0.1) is 10.2 Å². The molecule has 2 heterocycles. The Bertz CT molecular complexity index is 768. The second kappa shape index (κ2) is 8.04. The number of nitrogens with one attached hydrogen (secondary N) is 1. The minimum absolute atomic E-state index is 0.0196. The van der Waals surface area contributed by atoms with Gasteiger partial charge in [0.15, 0.2) is 11.0 Å². The van der Waals surface area contributed by atoms with Crippen molar-refractivity contribution in [2.75, 3.05) is 23.3 Å². The maximum absolute atomic E-state index is 12.8. The van der Waals surface area contributed by atoms with Gasteiger partial charge in [0.25, 0.3) is 0 Å². The van der Waals surface area contributed by atoms with Crippen molar-refractivity contribution in [1.29, 1.82) is 0 Å². The zero-order valence-electron chi connectivity index (χ0n) is 15.5. The van der Waals surface area contributed by atoms with Crippen molar-refractivity contribution in [3.63, 3.8) is 0 Å². The standard InChI is InChI=1S/C20H25ClN4O/c1-13(2)16-6-4-5-14(3)19(16)22-20(26)15-9-11-25(12-10-15)18-8-7-17(21)23-24-18/h4-8,13,15H,9-12H2,1-3H3,(H,22,26). The molecule has 1 aliphatic heterocycles. The van der Waals surface area contributed by atoms with Crippen LogP contribution in [-0.4, -0.2) is 29.2 Å². The summed E-state index contributed by atoms with van der Waals surface area (Å²) in [6, 6.07) is 9.80. The first-order chi connectivity index (χ1) is 12.5. The van der Waals surface area contributed by atoms with E-state index in [0.717, 1.165) is 43.0 Å². The molecule has 1 fully saturated rings. The van der Waals surface area contributed by atoms with E-state index in [4.69, 9.17) is 11.6 Å². The first kappa shape index (κ1) is 18.6. The fourth-order valence-electron chi connectivity index (χ4n) is 3.42. The van der Waals surface area contributed by atoms with Crippen molar-refractivity contribution in [3.05, 3.63) is 46.6 Å². The molecule has 0 spiro atoms. The summed E-state index contributed by atoms with van der Waals surface area (Å²) >= 11 is 5.79. The van der Waals surface area contributed by atoms with Gasteiger partial charge in [-0.25, -0.2) is 0 Å². The highest BCUT2D eigenvalue weighted by atomic mass is 35.5. The monoisotopic (exact) mass is 372 g/mol. The number of nitrogens with zero attached hydrogens (tertiary/aromatic N) is 3. The first-order valence-electron chi connectivity index (χ1n) is 9.10. The average molecular weight is 373 g/mol. The lowest BCUT2D eigenvalue weighted by Gasteiger charge is -2.32. The molecule has 1 aromatic carbocycles. The number of hydrogen-bond donors (Lipinski definition) is 1. The fourth-order valence-corrected chi connectivity index (χ4v) is 3.52. The minimum Gasteiger partial charge on any atom is -0.355 e. The molecule has 0 radical (unpaired) electrons. The van der Waals surface area contributed by atoms with E-state index >= 15 is 0 Å². The SMILES string of the molecule is Cc1cccc(C(C)C)c1NC(=O)C1CCN(c2ccc(Cl)nn2)CC1. The number of amides is 1. The molecule has 26 heavy (non-hydrogen) atoms. The molecule has 1 amide bonds. The molecule has 1 N–H and O–H groups in total. The van der Waals surface area contributed by atoms with Gasteiger partial charge in [0.2, 0.25) is 5.91 Å². The van der Waals surface area contributed by atoms with E-state index in [-0.39, 0.29) is 11.8 Å². The lowest BCUT2D eigenvalue weighted by molar-refractivity contribution is -0.120. The van der Waals surface area contributed by atoms with Crippen molar-refractivity contribution >= 4 is 29.0 Å². The van der Waals surface area contributed by atoms with Gasteiger partial charge in [-0.2, -0.15) is 0 Å². The Labute approximate surface area is 159 Å². The van der Waals surface area contributed by atoms with Gasteiger partial charge in [0.1, 0.15) is 0 Å². The van der Waals surface area contributed by atoms with Gasteiger partial charge in [-0.3, -0.25) is 4.79 Å². The molecular formula is C20H25ClN4O. The minimum atomic E-state index is 0.0196. The summed E-state index contributed by atoms with van der Waals surface area (Å²) in [5.74, 6) is 1.32. The van der Waals surface area contributed by atoms with Gasteiger partial charge in [-0.05, 0) is 48.9 Å². The zero-order chi connectivity index (χ0) is 18.7. The van der Waals surface area contributed by atoms with Crippen molar-refractivity contribution in [1.82, 2.24) is 10.2 Å². The molecule has 0 atom stereocenters. The number of rotatable bonds is 4. The second-order valence-corrected chi connectivity index (χ2v) is 7.55. The number of carbonyl (C=O) groups is 1. The van der Waals surface area contributed by atoms with Crippen LogP contribution in [0, 0.1) is 12.8 Å². The lowest BCUT2D eigenvalue weighted by Crippen LogP contribution is -2.38. The molecule has 2 aromatic rings. The Morgan fingerprint density at radius 3 is 2.54 bits per heavy atom. The second-order valence-electron chi connectivity index (χ2n) is 7.16. The summed E-state index contributed by atoms with van der Waals surface area (Å²) in [6.45, 7) is 7.92. The molecule has 0 saturated carbocycles. The van der Waals surface area contributed by atoms with Crippen molar-refractivity contribution in [3.8, 4) is 0 Å². The van der Waals surface area contributed by atoms with Crippen LogP contribution in [0.2, 0.25) is 5.15 Å². The maximum atomic E-state index is 12.8. The van der Waals surface area contributed by atoms with Crippen LogP contribution in [0.5, 0.6) is 0 Å². The normalized spacial score (nSPS) is 15.3. The summed E-state index contributed by atoms with van der Waals surface area (Å²) in [5, 5.41) is 11.6. The molecule has 6 heteroatoms. The number of hydrogen-bond acceptors (Lipinski definition) is 4. The summed E-state index contributed by atoms with van der Waals surface area (Å²) < 4.78 is 0. The summed E-state index contributed by atoms with van der Waals surface area (Å²) in [4.78, 5) is 15.0.